The molecule has 1 aromatic carbocycles. The van der Waals surface area contributed by atoms with E-state index in [1.807, 2.05) is 38.1 Å². The van der Waals surface area contributed by atoms with Crippen LogP contribution >= 0.6 is 23.1 Å². The van der Waals surface area contributed by atoms with Crippen molar-refractivity contribution in [3.63, 3.8) is 0 Å². The fourth-order valence-electron chi connectivity index (χ4n) is 3.12. The predicted molar refractivity (Wildman–Crippen MR) is 124 cm³/mol. The normalized spacial score (nSPS) is 10.9. The number of carbonyl (C=O) groups is 2. The van der Waals surface area contributed by atoms with E-state index in [0.717, 1.165) is 38.5 Å². The average molecular weight is 443 g/mol. The molecule has 158 valence electrons. The van der Waals surface area contributed by atoms with Gasteiger partial charge in [-0.1, -0.05) is 36.9 Å². The Morgan fingerprint density at radius 2 is 1.93 bits per heavy atom. The molecule has 0 atom stereocenters. The van der Waals surface area contributed by atoms with Gasteiger partial charge in [-0.2, -0.15) is 0 Å². The van der Waals surface area contributed by atoms with E-state index in [0.29, 0.717) is 6.54 Å². The summed E-state index contributed by atoms with van der Waals surface area (Å²) < 4.78 is 0. The lowest BCUT2D eigenvalue weighted by Gasteiger charge is -2.21. The number of para-hydroxylation sites is 1. The maximum absolute atomic E-state index is 12.9. The number of carbonyl (C=O) groups excluding carboxylic acids is 2. The minimum absolute atomic E-state index is 0.0390. The second-order valence-electron chi connectivity index (χ2n) is 7.11. The fraction of sp³-hybridized carbons (Fsp3) is 0.364. The first kappa shape index (κ1) is 22.2. The first-order valence-corrected chi connectivity index (χ1v) is 11.7. The summed E-state index contributed by atoms with van der Waals surface area (Å²) >= 11 is 3.05. The Kier molecular flexibility index (Phi) is 7.44. The van der Waals surface area contributed by atoms with Crippen molar-refractivity contribution in [2.24, 2.45) is 0 Å². The number of hydrogen-bond acceptors (Lipinski definition) is 6. The second-order valence-corrected chi connectivity index (χ2v) is 9.28. The van der Waals surface area contributed by atoms with E-state index in [4.69, 9.17) is 0 Å². The van der Waals surface area contributed by atoms with Crippen LogP contribution in [0.4, 0.5) is 5.69 Å². The first-order valence-electron chi connectivity index (χ1n) is 9.87. The van der Waals surface area contributed by atoms with Gasteiger partial charge in [0.05, 0.1) is 12.3 Å². The molecule has 2 amide bonds. The number of rotatable bonds is 8. The minimum Gasteiger partial charge on any atom is -0.333 e. The number of nitrogens with one attached hydrogen (secondary N) is 1. The van der Waals surface area contributed by atoms with E-state index in [2.05, 4.69) is 29.1 Å². The molecule has 8 heteroatoms. The topological polar surface area (TPSA) is 75.2 Å². The Hall–Kier alpha value is -2.45. The van der Waals surface area contributed by atoms with Crippen LogP contribution in [0.5, 0.6) is 0 Å². The molecular weight excluding hydrogens is 416 g/mol. The van der Waals surface area contributed by atoms with E-state index < -0.39 is 0 Å². The summed E-state index contributed by atoms with van der Waals surface area (Å²) in [5.74, 6) is -0.0269. The lowest BCUT2D eigenvalue weighted by molar-refractivity contribution is -0.132. The van der Waals surface area contributed by atoms with E-state index in [1.165, 1.54) is 16.6 Å². The Bertz CT molecular complexity index is 1060. The van der Waals surface area contributed by atoms with Crippen molar-refractivity contribution in [3.05, 3.63) is 46.6 Å². The molecule has 0 bridgehead atoms. The zero-order valence-electron chi connectivity index (χ0n) is 17.7. The Morgan fingerprint density at radius 1 is 1.17 bits per heavy atom. The van der Waals surface area contributed by atoms with Crippen LogP contribution in [-0.4, -0.2) is 45.5 Å². The summed E-state index contributed by atoms with van der Waals surface area (Å²) in [6, 6.07) is 7.61. The van der Waals surface area contributed by atoms with Crippen LogP contribution in [0.15, 0.2) is 35.6 Å². The summed E-state index contributed by atoms with van der Waals surface area (Å²) in [6.45, 7) is 8.64. The van der Waals surface area contributed by atoms with E-state index >= 15 is 0 Å². The van der Waals surface area contributed by atoms with Crippen molar-refractivity contribution >= 4 is 50.8 Å². The van der Waals surface area contributed by atoms with Crippen molar-refractivity contribution in [2.45, 2.75) is 39.1 Å². The first-order chi connectivity index (χ1) is 14.4. The van der Waals surface area contributed by atoms with Gasteiger partial charge in [0, 0.05) is 22.5 Å². The van der Waals surface area contributed by atoms with E-state index in [1.54, 1.807) is 22.6 Å². The second kappa shape index (κ2) is 10.0. The maximum atomic E-state index is 12.9. The predicted octanol–water partition coefficient (Wildman–Crippen LogP) is 4.59. The van der Waals surface area contributed by atoms with Crippen LogP contribution in [0.2, 0.25) is 0 Å². The number of nitrogens with zero attached hydrogens (tertiary/aromatic N) is 3. The van der Waals surface area contributed by atoms with Crippen LogP contribution in [0.25, 0.3) is 10.2 Å². The van der Waals surface area contributed by atoms with Gasteiger partial charge in [-0.05, 0) is 44.4 Å². The Morgan fingerprint density at radius 3 is 2.67 bits per heavy atom. The standard InChI is InChI=1S/C22H26N4O2S2/c1-5-10-26(11-18(27)25-17-9-7-6-8-14(17)2)19(28)12-29-21-20-15(3)16(4)30-22(20)24-13-23-21/h6-9,13H,5,10-12H2,1-4H3,(H,25,27). The van der Waals surface area contributed by atoms with Gasteiger partial charge in [0.25, 0.3) is 0 Å². The lowest BCUT2D eigenvalue weighted by Crippen LogP contribution is -2.39. The van der Waals surface area contributed by atoms with Gasteiger partial charge in [-0.3, -0.25) is 9.59 Å². The van der Waals surface area contributed by atoms with Gasteiger partial charge >= 0.3 is 0 Å². The highest BCUT2D eigenvalue weighted by atomic mass is 32.2. The van der Waals surface area contributed by atoms with Gasteiger partial charge in [0.15, 0.2) is 0 Å². The highest BCUT2D eigenvalue weighted by Crippen LogP contribution is 2.34. The molecule has 0 unspecified atom stereocenters. The van der Waals surface area contributed by atoms with Gasteiger partial charge in [-0.25, -0.2) is 9.97 Å². The highest BCUT2D eigenvalue weighted by molar-refractivity contribution is 8.00. The molecule has 0 fully saturated rings. The Labute approximate surface area is 185 Å². The van der Waals surface area contributed by atoms with Crippen molar-refractivity contribution in [2.75, 3.05) is 24.2 Å². The van der Waals surface area contributed by atoms with Crippen LogP contribution < -0.4 is 5.32 Å². The molecule has 0 aliphatic rings. The van der Waals surface area contributed by atoms with Crippen LogP contribution in [-0.2, 0) is 9.59 Å². The number of benzene rings is 1. The molecule has 2 aromatic heterocycles. The summed E-state index contributed by atoms with van der Waals surface area (Å²) in [7, 11) is 0. The molecule has 3 aromatic rings. The third kappa shape index (κ3) is 5.17. The quantitative estimate of drug-likeness (QED) is 0.408. The molecule has 6 nitrogen and oxygen atoms in total. The summed E-state index contributed by atoms with van der Waals surface area (Å²) in [4.78, 5) is 37.9. The van der Waals surface area contributed by atoms with Crippen LogP contribution in [0.3, 0.4) is 0 Å². The molecule has 0 spiro atoms. The number of aromatic nitrogens is 2. The number of fused-ring (bicyclic) bond motifs is 1. The summed E-state index contributed by atoms with van der Waals surface area (Å²) in [5.41, 5.74) is 2.92. The molecule has 0 radical (unpaired) electrons. The number of thioether (sulfide) groups is 1. The van der Waals surface area contributed by atoms with Crippen LogP contribution in [0, 0.1) is 20.8 Å². The van der Waals surface area contributed by atoms with Crippen LogP contribution in [0.1, 0.15) is 29.3 Å². The minimum atomic E-state index is -0.190. The molecule has 30 heavy (non-hydrogen) atoms. The third-order valence-electron chi connectivity index (χ3n) is 4.86. The smallest absolute Gasteiger partial charge is 0.244 e. The molecule has 3 rings (SSSR count). The van der Waals surface area contributed by atoms with Crippen molar-refractivity contribution in [3.8, 4) is 0 Å². The van der Waals surface area contributed by atoms with Gasteiger partial charge in [0.2, 0.25) is 11.8 Å². The van der Waals surface area contributed by atoms with E-state index in [9.17, 15) is 9.59 Å². The lowest BCUT2D eigenvalue weighted by atomic mass is 10.2. The highest BCUT2D eigenvalue weighted by Gasteiger charge is 2.19. The molecule has 0 aliphatic carbocycles. The molecular formula is C22H26N4O2S2. The fourth-order valence-corrected chi connectivity index (χ4v) is 5.14. The molecule has 0 saturated carbocycles. The Balaban J connectivity index is 1.66. The van der Waals surface area contributed by atoms with Crippen molar-refractivity contribution < 1.29 is 9.59 Å². The molecule has 0 saturated heterocycles. The molecule has 2 heterocycles. The average Bonchev–Trinajstić information content (AvgIpc) is 3.02. The van der Waals surface area contributed by atoms with Gasteiger partial charge in [-0.15, -0.1) is 11.3 Å². The third-order valence-corrected chi connectivity index (χ3v) is 6.95. The number of aryl methyl sites for hydroxylation is 3. The molecule has 0 aliphatic heterocycles. The zero-order valence-corrected chi connectivity index (χ0v) is 19.3. The van der Waals surface area contributed by atoms with Crippen molar-refractivity contribution in [1.29, 1.82) is 0 Å². The number of anilines is 1. The van der Waals surface area contributed by atoms with E-state index in [-0.39, 0.29) is 24.1 Å². The maximum Gasteiger partial charge on any atom is 0.244 e. The number of amides is 2. The number of thiophene rings is 1. The monoisotopic (exact) mass is 442 g/mol. The summed E-state index contributed by atoms with van der Waals surface area (Å²) in [5, 5.41) is 4.74. The SMILES string of the molecule is CCCN(CC(=O)Nc1ccccc1C)C(=O)CSc1ncnc2sc(C)c(C)c12. The van der Waals surface area contributed by atoms with Crippen molar-refractivity contribution in [1.82, 2.24) is 14.9 Å². The summed E-state index contributed by atoms with van der Waals surface area (Å²) in [6.07, 6.45) is 2.33. The zero-order chi connectivity index (χ0) is 21.7. The number of hydrogen-bond donors (Lipinski definition) is 1. The van der Waals surface area contributed by atoms with Gasteiger partial charge < -0.3 is 10.2 Å². The van der Waals surface area contributed by atoms with Gasteiger partial charge in [0.1, 0.15) is 16.2 Å². The molecule has 1 N–H and O–H groups in total. The largest absolute Gasteiger partial charge is 0.333 e.